The number of rotatable bonds is 4. The molecule has 0 saturated carbocycles. The van der Waals surface area contributed by atoms with E-state index in [4.69, 9.17) is 4.74 Å². The first-order valence-corrected chi connectivity index (χ1v) is 6.89. The van der Waals surface area contributed by atoms with Crippen LogP contribution in [0.25, 0.3) is 11.0 Å². The minimum atomic E-state index is -0.368. The van der Waals surface area contributed by atoms with Crippen LogP contribution in [0.2, 0.25) is 0 Å². The maximum absolute atomic E-state index is 12.4. The molecule has 0 saturated heterocycles. The molecule has 0 atom stereocenters. The summed E-state index contributed by atoms with van der Waals surface area (Å²) < 4.78 is 5.46. The van der Waals surface area contributed by atoms with E-state index in [0.717, 1.165) is 0 Å². The van der Waals surface area contributed by atoms with E-state index in [1.54, 1.807) is 30.6 Å². The quantitative estimate of drug-likeness (QED) is 0.800. The third kappa shape index (κ3) is 2.85. The molecule has 1 amide bonds. The summed E-state index contributed by atoms with van der Waals surface area (Å²) in [7, 11) is 0. The van der Waals surface area contributed by atoms with Crippen LogP contribution in [0, 0.1) is 0 Å². The zero-order valence-electron chi connectivity index (χ0n) is 12.0. The lowest BCUT2D eigenvalue weighted by Crippen LogP contribution is -2.16. The zero-order chi connectivity index (χ0) is 15.4. The number of fused-ring (bicyclic) bond motifs is 1. The molecule has 1 N–H and O–H groups in total. The second-order valence-corrected chi connectivity index (χ2v) is 4.49. The Hall–Kier alpha value is -3.02. The predicted octanol–water partition coefficient (Wildman–Crippen LogP) is 2.68. The van der Waals surface area contributed by atoms with Gasteiger partial charge in [0.1, 0.15) is 0 Å². The fourth-order valence-electron chi connectivity index (χ4n) is 1.99. The lowest BCUT2D eigenvalue weighted by atomic mass is 10.2. The summed E-state index contributed by atoms with van der Waals surface area (Å²) in [5.41, 5.74) is 2.13. The molecular formula is C16H14N4O2. The average molecular weight is 294 g/mol. The zero-order valence-corrected chi connectivity index (χ0v) is 12.0. The summed E-state index contributed by atoms with van der Waals surface area (Å²) >= 11 is 0. The molecule has 2 heterocycles. The number of benzene rings is 1. The van der Waals surface area contributed by atoms with E-state index in [-0.39, 0.29) is 17.5 Å². The van der Waals surface area contributed by atoms with Crippen LogP contribution in [-0.4, -0.2) is 27.5 Å². The molecule has 0 bridgehead atoms. The van der Waals surface area contributed by atoms with Crippen LogP contribution < -0.4 is 10.1 Å². The van der Waals surface area contributed by atoms with E-state index in [0.29, 0.717) is 23.3 Å². The van der Waals surface area contributed by atoms with Crippen LogP contribution in [0.4, 0.5) is 5.69 Å². The van der Waals surface area contributed by atoms with Crippen molar-refractivity contribution in [1.29, 1.82) is 0 Å². The largest absolute Gasteiger partial charge is 0.476 e. The van der Waals surface area contributed by atoms with E-state index in [2.05, 4.69) is 20.3 Å². The van der Waals surface area contributed by atoms with Crippen LogP contribution in [0.5, 0.6) is 5.88 Å². The van der Waals surface area contributed by atoms with Gasteiger partial charge in [-0.1, -0.05) is 12.1 Å². The highest BCUT2D eigenvalue weighted by Gasteiger charge is 2.17. The van der Waals surface area contributed by atoms with Gasteiger partial charge in [0, 0.05) is 18.1 Å². The Morgan fingerprint density at radius 3 is 2.45 bits per heavy atom. The molecule has 22 heavy (non-hydrogen) atoms. The van der Waals surface area contributed by atoms with Crippen molar-refractivity contribution in [3.8, 4) is 5.88 Å². The molecule has 0 aliphatic heterocycles. The summed E-state index contributed by atoms with van der Waals surface area (Å²) in [5.74, 6) is -0.138. The number of carbonyl (C=O) groups excluding carboxylic acids is 1. The number of hydrogen-bond acceptors (Lipinski definition) is 5. The Bertz CT molecular complexity index is 806. The second-order valence-electron chi connectivity index (χ2n) is 4.49. The number of pyridine rings is 1. The van der Waals surface area contributed by atoms with Gasteiger partial charge in [-0.15, -0.1) is 0 Å². The number of hydrogen-bond donors (Lipinski definition) is 1. The fraction of sp³-hybridized carbons (Fsp3) is 0.125. The van der Waals surface area contributed by atoms with Crippen LogP contribution in [0.15, 0.2) is 48.8 Å². The SMILES string of the molecule is CCOc1nc2ccccc2nc1C(=O)Nc1ccncc1. The first-order valence-electron chi connectivity index (χ1n) is 6.89. The standard InChI is InChI=1S/C16H14N4O2/c1-2-22-16-14(15(21)18-11-7-9-17-10-8-11)19-12-5-3-4-6-13(12)20-16/h3-10H,2H2,1H3,(H,17,18,21). The van der Waals surface area contributed by atoms with Crippen LogP contribution in [-0.2, 0) is 0 Å². The third-order valence-electron chi connectivity index (χ3n) is 2.97. The number of amides is 1. The summed E-state index contributed by atoms with van der Waals surface area (Å²) in [6, 6.07) is 10.8. The minimum Gasteiger partial charge on any atom is -0.476 e. The van der Waals surface area contributed by atoms with Crippen LogP contribution >= 0.6 is 0 Å². The molecular weight excluding hydrogens is 280 g/mol. The van der Waals surface area contributed by atoms with Gasteiger partial charge in [-0.05, 0) is 31.2 Å². The average Bonchev–Trinajstić information content (AvgIpc) is 2.55. The molecule has 0 aliphatic carbocycles. The molecule has 2 aromatic heterocycles. The molecule has 0 spiro atoms. The van der Waals surface area contributed by atoms with E-state index in [1.807, 2.05) is 25.1 Å². The van der Waals surface area contributed by atoms with Gasteiger partial charge < -0.3 is 10.1 Å². The van der Waals surface area contributed by atoms with Gasteiger partial charge in [0.05, 0.1) is 17.6 Å². The Balaban J connectivity index is 2.00. The first-order chi connectivity index (χ1) is 10.8. The number of anilines is 1. The van der Waals surface area contributed by atoms with Gasteiger partial charge in [-0.25, -0.2) is 9.97 Å². The van der Waals surface area contributed by atoms with Gasteiger partial charge in [0.25, 0.3) is 5.91 Å². The van der Waals surface area contributed by atoms with Crippen molar-refractivity contribution < 1.29 is 9.53 Å². The molecule has 6 heteroatoms. The number of nitrogens with zero attached hydrogens (tertiary/aromatic N) is 3. The maximum Gasteiger partial charge on any atom is 0.279 e. The first kappa shape index (κ1) is 13.9. The van der Waals surface area contributed by atoms with E-state index >= 15 is 0 Å². The molecule has 0 aliphatic rings. The molecule has 0 fully saturated rings. The number of carbonyl (C=O) groups is 1. The van der Waals surface area contributed by atoms with Crippen molar-refractivity contribution in [3.63, 3.8) is 0 Å². The van der Waals surface area contributed by atoms with E-state index < -0.39 is 0 Å². The smallest absolute Gasteiger partial charge is 0.279 e. The fourth-order valence-corrected chi connectivity index (χ4v) is 1.99. The lowest BCUT2D eigenvalue weighted by molar-refractivity contribution is 0.101. The lowest BCUT2D eigenvalue weighted by Gasteiger charge is -2.10. The minimum absolute atomic E-state index is 0.164. The van der Waals surface area contributed by atoms with Crippen molar-refractivity contribution in [2.45, 2.75) is 6.92 Å². The van der Waals surface area contributed by atoms with E-state index in [1.165, 1.54) is 0 Å². The normalized spacial score (nSPS) is 10.4. The van der Waals surface area contributed by atoms with Crippen molar-refractivity contribution >= 4 is 22.6 Å². The van der Waals surface area contributed by atoms with Gasteiger partial charge in [-0.3, -0.25) is 9.78 Å². The topological polar surface area (TPSA) is 77.0 Å². The Kier molecular flexibility index (Phi) is 3.91. The number of aromatic nitrogens is 3. The van der Waals surface area contributed by atoms with E-state index in [9.17, 15) is 4.79 Å². The summed E-state index contributed by atoms with van der Waals surface area (Å²) in [5, 5.41) is 2.76. The van der Waals surface area contributed by atoms with Gasteiger partial charge >= 0.3 is 0 Å². The number of ether oxygens (including phenoxy) is 1. The molecule has 0 unspecified atom stereocenters. The highest BCUT2D eigenvalue weighted by molar-refractivity contribution is 6.05. The number of nitrogens with one attached hydrogen (secondary N) is 1. The molecule has 0 radical (unpaired) electrons. The molecule has 3 rings (SSSR count). The van der Waals surface area contributed by atoms with Crippen LogP contribution in [0.1, 0.15) is 17.4 Å². The monoisotopic (exact) mass is 294 g/mol. The third-order valence-corrected chi connectivity index (χ3v) is 2.97. The van der Waals surface area contributed by atoms with Gasteiger partial charge in [0.15, 0.2) is 5.69 Å². The maximum atomic E-state index is 12.4. The highest BCUT2D eigenvalue weighted by Crippen LogP contribution is 2.20. The van der Waals surface area contributed by atoms with Crippen molar-refractivity contribution in [2.75, 3.05) is 11.9 Å². The van der Waals surface area contributed by atoms with Crippen molar-refractivity contribution in [3.05, 3.63) is 54.5 Å². The predicted molar refractivity (Wildman–Crippen MR) is 82.9 cm³/mol. The van der Waals surface area contributed by atoms with Crippen molar-refractivity contribution in [1.82, 2.24) is 15.0 Å². The molecule has 110 valence electrons. The van der Waals surface area contributed by atoms with Gasteiger partial charge in [0.2, 0.25) is 5.88 Å². The van der Waals surface area contributed by atoms with Gasteiger partial charge in [-0.2, -0.15) is 0 Å². The summed E-state index contributed by atoms with van der Waals surface area (Å²) in [6.07, 6.45) is 3.20. The number of para-hydroxylation sites is 2. The van der Waals surface area contributed by atoms with Crippen molar-refractivity contribution in [2.24, 2.45) is 0 Å². The molecule has 6 nitrogen and oxygen atoms in total. The van der Waals surface area contributed by atoms with Crippen LogP contribution in [0.3, 0.4) is 0 Å². The summed E-state index contributed by atoms with van der Waals surface area (Å²) in [6.45, 7) is 2.24. The Morgan fingerprint density at radius 1 is 1.09 bits per heavy atom. The highest BCUT2D eigenvalue weighted by atomic mass is 16.5. The second kappa shape index (κ2) is 6.17. The summed E-state index contributed by atoms with van der Waals surface area (Å²) in [4.78, 5) is 25.1. The Morgan fingerprint density at radius 2 is 1.77 bits per heavy atom. The molecule has 1 aromatic carbocycles. The Labute approximate surface area is 127 Å². The molecule has 3 aromatic rings.